The Labute approximate surface area is 157 Å². The fraction of sp³-hybridized carbons (Fsp3) is 0.588. The maximum Gasteiger partial charge on any atom is 0.191 e. The van der Waals surface area contributed by atoms with Gasteiger partial charge in [0.15, 0.2) is 5.96 Å². The van der Waals surface area contributed by atoms with E-state index in [0.717, 1.165) is 60.0 Å². The van der Waals surface area contributed by atoms with E-state index in [1.165, 1.54) is 0 Å². The summed E-state index contributed by atoms with van der Waals surface area (Å²) in [6.45, 7) is 3.73. The smallest absolute Gasteiger partial charge is 0.191 e. The van der Waals surface area contributed by atoms with Gasteiger partial charge in [0.25, 0.3) is 0 Å². The first-order valence-electron chi connectivity index (χ1n) is 8.27. The molecule has 2 rings (SSSR count). The third-order valence-corrected chi connectivity index (χ3v) is 4.62. The summed E-state index contributed by atoms with van der Waals surface area (Å²) < 4.78 is 12.1. The zero-order valence-electron chi connectivity index (χ0n) is 14.0. The van der Waals surface area contributed by atoms with Gasteiger partial charge in [0.1, 0.15) is 0 Å². The fourth-order valence-corrected chi connectivity index (χ4v) is 3.18. The Morgan fingerprint density at radius 3 is 3.04 bits per heavy atom. The molecule has 0 spiro atoms. The molecule has 0 aliphatic carbocycles. The van der Waals surface area contributed by atoms with Crippen molar-refractivity contribution in [2.24, 2.45) is 4.99 Å². The number of nitrogens with zero attached hydrogens (tertiary/aromatic N) is 1. The Morgan fingerprint density at radius 2 is 2.33 bits per heavy atom. The lowest BCUT2D eigenvalue weighted by atomic mass is 10.2. The van der Waals surface area contributed by atoms with E-state index in [4.69, 9.17) is 21.1 Å². The third kappa shape index (κ3) is 6.97. The maximum absolute atomic E-state index is 6.21. The number of aliphatic imine (C=N–C) groups is 1. The van der Waals surface area contributed by atoms with Crippen molar-refractivity contribution in [1.82, 2.24) is 10.6 Å². The van der Waals surface area contributed by atoms with Crippen molar-refractivity contribution in [3.05, 3.63) is 33.3 Å². The predicted octanol–water partition coefficient (Wildman–Crippen LogP) is 3.35. The first kappa shape index (κ1) is 19.5. The van der Waals surface area contributed by atoms with E-state index in [9.17, 15) is 0 Å². The van der Waals surface area contributed by atoms with Crippen molar-refractivity contribution in [3.63, 3.8) is 0 Å². The van der Waals surface area contributed by atoms with Crippen LogP contribution in [-0.2, 0) is 16.0 Å². The van der Waals surface area contributed by atoms with E-state index < -0.39 is 0 Å². The highest BCUT2D eigenvalue weighted by Crippen LogP contribution is 2.21. The molecule has 1 atom stereocenters. The lowest BCUT2D eigenvalue weighted by Crippen LogP contribution is -2.37. The molecule has 1 aromatic rings. The number of benzene rings is 1. The van der Waals surface area contributed by atoms with Gasteiger partial charge in [-0.05, 0) is 37.0 Å². The Hall–Kier alpha value is -0.820. The Bertz CT molecular complexity index is 537. The van der Waals surface area contributed by atoms with E-state index in [-0.39, 0.29) is 0 Å². The first-order chi connectivity index (χ1) is 11.7. The van der Waals surface area contributed by atoms with Crippen LogP contribution >= 0.6 is 27.5 Å². The zero-order chi connectivity index (χ0) is 17.2. The van der Waals surface area contributed by atoms with Crippen molar-refractivity contribution in [3.8, 4) is 0 Å². The molecule has 1 aromatic carbocycles. The second-order valence-corrected chi connectivity index (χ2v) is 6.97. The molecule has 0 saturated carbocycles. The summed E-state index contributed by atoms with van der Waals surface area (Å²) in [4.78, 5) is 4.21. The molecule has 1 saturated heterocycles. The van der Waals surface area contributed by atoms with Crippen LogP contribution in [0, 0.1) is 0 Å². The largest absolute Gasteiger partial charge is 0.379 e. The molecule has 1 aliphatic heterocycles. The molecule has 5 nitrogen and oxygen atoms in total. The number of hydrogen-bond acceptors (Lipinski definition) is 3. The van der Waals surface area contributed by atoms with Crippen LogP contribution in [0.1, 0.15) is 24.8 Å². The lowest BCUT2D eigenvalue weighted by molar-refractivity contribution is 0.0168. The molecule has 1 fully saturated rings. The van der Waals surface area contributed by atoms with Crippen LogP contribution in [-0.4, -0.2) is 45.5 Å². The van der Waals surface area contributed by atoms with Crippen LogP contribution in [0.4, 0.5) is 0 Å². The summed E-state index contributed by atoms with van der Waals surface area (Å²) in [6.07, 6.45) is 3.49. The maximum atomic E-state index is 6.21. The molecule has 0 amide bonds. The van der Waals surface area contributed by atoms with Gasteiger partial charge in [0.2, 0.25) is 0 Å². The zero-order valence-corrected chi connectivity index (χ0v) is 16.3. The fourth-order valence-electron chi connectivity index (χ4n) is 2.44. The van der Waals surface area contributed by atoms with E-state index in [2.05, 4.69) is 31.6 Å². The molecular weight excluding hydrogens is 394 g/mol. The van der Waals surface area contributed by atoms with Crippen LogP contribution in [0.5, 0.6) is 0 Å². The summed E-state index contributed by atoms with van der Waals surface area (Å²) in [5.74, 6) is 0.758. The standard InChI is InChI=1S/C17H25BrClN3O2/c1-20-17(22-11-13-5-6-14(18)10-16(13)19)21-7-3-8-23-12-15-4-2-9-24-15/h5-6,10,15H,2-4,7-9,11-12H2,1H3,(H2,20,21,22). The minimum Gasteiger partial charge on any atom is -0.379 e. The van der Waals surface area contributed by atoms with Gasteiger partial charge in [-0.15, -0.1) is 0 Å². The summed E-state index contributed by atoms with van der Waals surface area (Å²) in [5.41, 5.74) is 1.03. The van der Waals surface area contributed by atoms with E-state index in [1.807, 2.05) is 18.2 Å². The van der Waals surface area contributed by atoms with E-state index in [1.54, 1.807) is 7.05 Å². The number of hydrogen-bond donors (Lipinski definition) is 2. The molecule has 24 heavy (non-hydrogen) atoms. The molecule has 0 radical (unpaired) electrons. The predicted molar refractivity (Wildman–Crippen MR) is 102 cm³/mol. The van der Waals surface area contributed by atoms with Gasteiger partial charge in [-0.3, -0.25) is 4.99 Å². The number of ether oxygens (including phenoxy) is 2. The van der Waals surface area contributed by atoms with Crippen molar-refractivity contribution in [2.75, 3.05) is 33.4 Å². The highest BCUT2D eigenvalue weighted by atomic mass is 79.9. The second kappa shape index (κ2) is 10.9. The molecule has 0 bridgehead atoms. The van der Waals surface area contributed by atoms with E-state index in [0.29, 0.717) is 19.3 Å². The van der Waals surface area contributed by atoms with Gasteiger partial charge >= 0.3 is 0 Å². The second-order valence-electron chi connectivity index (χ2n) is 5.65. The number of rotatable bonds is 8. The summed E-state index contributed by atoms with van der Waals surface area (Å²) in [7, 11) is 1.76. The Morgan fingerprint density at radius 1 is 1.46 bits per heavy atom. The number of guanidine groups is 1. The Kier molecular flexibility index (Phi) is 8.88. The van der Waals surface area contributed by atoms with Crippen molar-refractivity contribution in [1.29, 1.82) is 0 Å². The molecule has 7 heteroatoms. The molecule has 0 aromatic heterocycles. The third-order valence-electron chi connectivity index (χ3n) is 3.77. The van der Waals surface area contributed by atoms with Gasteiger partial charge in [-0.1, -0.05) is 33.6 Å². The molecular formula is C17H25BrClN3O2. The lowest BCUT2D eigenvalue weighted by Gasteiger charge is -2.13. The SMILES string of the molecule is CN=C(NCCCOCC1CCCO1)NCc1ccc(Br)cc1Cl. The average molecular weight is 419 g/mol. The van der Waals surface area contributed by atoms with Crippen LogP contribution in [0.3, 0.4) is 0 Å². The van der Waals surface area contributed by atoms with Crippen molar-refractivity contribution >= 4 is 33.5 Å². The quantitative estimate of drug-likeness (QED) is 0.386. The van der Waals surface area contributed by atoms with Gasteiger partial charge in [-0.2, -0.15) is 0 Å². The average Bonchev–Trinajstić information content (AvgIpc) is 3.08. The monoisotopic (exact) mass is 417 g/mol. The molecule has 1 unspecified atom stereocenters. The minimum atomic E-state index is 0.294. The molecule has 1 aliphatic rings. The van der Waals surface area contributed by atoms with Gasteiger partial charge in [-0.25, -0.2) is 0 Å². The summed E-state index contributed by atoms with van der Waals surface area (Å²) >= 11 is 9.62. The van der Waals surface area contributed by atoms with Crippen LogP contribution < -0.4 is 10.6 Å². The van der Waals surface area contributed by atoms with Gasteiger partial charge in [0.05, 0.1) is 12.7 Å². The van der Waals surface area contributed by atoms with E-state index >= 15 is 0 Å². The molecule has 134 valence electrons. The topological polar surface area (TPSA) is 54.9 Å². The number of nitrogens with one attached hydrogen (secondary N) is 2. The van der Waals surface area contributed by atoms with Crippen molar-refractivity contribution < 1.29 is 9.47 Å². The molecule has 2 N–H and O–H groups in total. The highest BCUT2D eigenvalue weighted by Gasteiger charge is 2.14. The normalized spacial score (nSPS) is 18.0. The van der Waals surface area contributed by atoms with Crippen LogP contribution in [0.15, 0.2) is 27.7 Å². The highest BCUT2D eigenvalue weighted by molar-refractivity contribution is 9.10. The first-order valence-corrected chi connectivity index (χ1v) is 9.44. The number of halogens is 2. The van der Waals surface area contributed by atoms with Crippen LogP contribution in [0.2, 0.25) is 5.02 Å². The van der Waals surface area contributed by atoms with Crippen LogP contribution in [0.25, 0.3) is 0 Å². The summed E-state index contributed by atoms with van der Waals surface area (Å²) in [5, 5.41) is 7.27. The van der Waals surface area contributed by atoms with Gasteiger partial charge in [0, 0.05) is 42.8 Å². The van der Waals surface area contributed by atoms with Crippen molar-refractivity contribution in [2.45, 2.75) is 31.9 Å². The molecule has 1 heterocycles. The van der Waals surface area contributed by atoms with Gasteiger partial charge < -0.3 is 20.1 Å². The summed E-state index contributed by atoms with van der Waals surface area (Å²) in [6, 6.07) is 5.86. The minimum absolute atomic E-state index is 0.294. The Balaban J connectivity index is 1.58.